The molecule has 1 saturated heterocycles. The topological polar surface area (TPSA) is 77.2 Å². The number of aromatic nitrogens is 1. The fourth-order valence-electron chi connectivity index (χ4n) is 2.05. The molecule has 1 aromatic rings. The third-order valence-electron chi connectivity index (χ3n) is 3.07. The van der Waals surface area contributed by atoms with Crippen LogP contribution in [0, 0.1) is 0 Å². The van der Waals surface area contributed by atoms with Crippen LogP contribution in [0.5, 0.6) is 0 Å². The Hall–Kier alpha value is -1.46. The summed E-state index contributed by atoms with van der Waals surface area (Å²) in [6.07, 6.45) is 3.83. The highest BCUT2D eigenvalue weighted by Crippen LogP contribution is 2.18. The first-order valence-electron chi connectivity index (χ1n) is 6.32. The number of rotatable bonds is 5. The first-order valence-corrected chi connectivity index (χ1v) is 6.32. The summed E-state index contributed by atoms with van der Waals surface area (Å²) in [5.74, 6) is -0.0399. The quantitative estimate of drug-likeness (QED) is 0.784. The van der Waals surface area contributed by atoms with Gasteiger partial charge in [-0.2, -0.15) is 0 Å². The van der Waals surface area contributed by atoms with Crippen LogP contribution in [0.1, 0.15) is 18.5 Å². The molecule has 5 nitrogen and oxygen atoms in total. The van der Waals surface area contributed by atoms with E-state index >= 15 is 0 Å². The van der Waals surface area contributed by atoms with Crippen molar-refractivity contribution in [1.82, 2.24) is 10.3 Å². The molecule has 2 heterocycles. The maximum Gasteiger partial charge on any atom is 0.249 e. The molecule has 0 spiro atoms. The van der Waals surface area contributed by atoms with Crippen LogP contribution < -0.4 is 11.1 Å². The summed E-state index contributed by atoms with van der Waals surface area (Å²) >= 11 is 0. The Morgan fingerprint density at radius 3 is 3.06 bits per heavy atom. The van der Waals surface area contributed by atoms with E-state index in [1.807, 2.05) is 18.2 Å². The second-order valence-electron chi connectivity index (χ2n) is 4.42. The Kier molecular flexibility index (Phi) is 4.66. The summed E-state index contributed by atoms with van der Waals surface area (Å²) < 4.78 is 5.52. The van der Waals surface area contributed by atoms with Gasteiger partial charge in [0, 0.05) is 31.4 Å². The van der Waals surface area contributed by atoms with E-state index in [0.717, 1.165) is 25.0 Å². The molecule has 0 bridgehead atoms. The third kappa shape index (κ3) is 3.51. The van der Waals surface area contributed by atoms with Crippen molar-refractivity contribution >= 4 is 5.91 Å². The smallest absolute Gasteiger partial charge is 0.249 e. The second kappa shape index (κ2) is 6.47. The zero-order chi connectivity index (χ0) is 12.8. The van der Waals surface area contributed by atoms with E-state index in [1.54, 1.807) is 6.20 Å². The zero-order valence-electron chi connectivity index (χ0n) is 10.3. The molecule has 98 valence electrons. The van der Waals surface area contributed by atoms with Crippen LogP contribution >= 0.6 is 0 Å². The van der Waals surface area contributed by atoms with E-state index < -0.39 is 0 Å². The Morgan fingerprint density at radius 2 is 2.39 bits per heavy atom. The Morgan fingerprint density at radius 1 is 1.50 bits per heavy atom. The molecule has 2 unspecified atom stereocenters. The van der Waals surface area contributed by atoms with Gasteiger partial charge in [-0.05, 0) is 25.0 Å². The van der Waals surface area contributed by atoms with Gasteiger partial charge in [0.2, 0.25) is 5.91 Å². The van der Waals surface area contributed by atoms with Crippen molar-refractivity contribution in [3.05, 3.63) is 30.1 Å². The van der Waals surface area contributed by atoms with Crippen molar-refractivity contribution in [3.8, 4) is 0 Å². The zero-order valence-corrected chi connectivity index (χ0v) is 10.3. The van der Waals surface area contributed by atoms with Crippen LogP contribution in [-0.2, 0) is 16.0 Å². The lowest BCUT2D eigenvalue weighted by molar-refractivity contribution is -0.131. The summed E-state index contributed by atoms with van der Waals surface area (Å²) in [5.41, 5.74) is 6.48. The first-order chi connectivity index (χ1) is 8.79. The van der Waals surface area contributed by atoms with E-state index in [1.165, 1.54) is 0 Å². The van der Waals surface area contributed by atoms with E-state index in [0.29, 0.717) is 13.1 Å². The number of ether oxygens (including phenoxy) is 1. The van der Waals surface area contributed by atoms with Gasteiger partial charge in [0.15, 0.2) is 0 Å². The molecule has 0 radical (unpaired) electrons. The number of pyridine rings is 1. The van der Waals surface area contributed by atoms with Gasteiger partial charge in [0.25, 0.3) is 0 Å². The van der Waals surface area contributed by atoms with Crippen molar-refractivity contribution in [1.29, 1.82) is 0 Å². The van der Waals surface area contributed by atoms with Crippen molar-refractivity contribution in [2.75, 3.05) is 13.1 Å². The van der Waals surface area contributed by atoms with Crippen molar-refractivity contribution in [3.63, 3.8) is 0 Å². The molecule has 2 atom stereocenters. The third-order valence-corrected chi connectivity index (χ3v) is 3.07. The fourth-order valence-corrected chi connectivity index (χ4v) is 2.05. The lowest BCUT2D eigenvalue weighted by atomic mass is 10.2. The number of carbonyl (C=O) groups excluding carboxylic acids is 1. The van der Waals surface area contributed by atoms with E-state index in [-0.39, 0.29) is 18.1 Å². The summed E-state index contributed by atoms with van der Waals surface area (Å²) in [6, 6.07) is 5.76. The predicted octanol–water partition coefficient (Wildman–Crippen LogP) is 0.247. The first kappa shape index (κ1) is 13.0. The molecule has 5 heteroatoms. The van der Waals surface area contributed by atoms with Gasteiger partial charge in [-0.3, -0.25) is 9.78 Å². The molecule has 3 N–H and O–H groups in total. The number of nitrogens with two attached hydrogens (primary N) is 1. The summed E-state index contributed by atoms with van der Waals surface area (Å²) in [7, 11) is 0. The molecular weight excluding hydrogens is 230 g/mol. The molecule has 0 saturated carbocycles. The lowest BCUT2D eigenvalue weighted by Crippen LogP contribution is -2.36. The van der Waals surface area contributed by atoms with Gasteiger partial charge >= 0.3 is 0 Å². The lowest BCUT2D eigenvalue weighted by Gasteiger charge is -2.12. The van der Waals surface area contributed by atoms with Gasteiger partial charge in [-0.15, -0.1) is 0 Å². The number of nitrogens with zero attached hydrogens (tertiary/aromatic N) is 1. The van der Waals surface area contributed by atoms with Crippen LogP contribution in [0.25, 0.3) is 0 Å². The fraction of sp³-hybridized carbons (Fsp3) is 0.538. The predicted molar refractivity (Wildman–Crippen MR) is 67.9 cm³/mol. The highest BCUT2D eigenvalue weighted by Gasteiger charge is 2.29. The monoisotopic (exact) mass is 249 g/mol. The summed E-state index contributed by atoms with van der Waals surface area (Å²) in [5, 5.41) is 2.87. The highest BCUT2D eigenvalue weighted by molar-refractivity contribution is 5.81. The molecule has 0 aliphatic carbocycles. The summed E-state index contributed by atoms with van der Waals surface area (Å²) in [4.78, 5) is 16.0. The summed E-state index contributed by atoms with van der Waals surface area (Å²) in [6.45, 7) is 1.07. The van der Waals surface area contributed by atoms with E-state index in [4.69, 9.17) is 10.5 Å². The molecule has 0 aromatic carbocycles. The van der Waals surface area contributed by atoms with E-state index in [2.05, 4.69) is 10.3 Å². The number of amides is 1. The van der Waals surface area contributed by atoms with Gasteiger partial charge in [0.05, 0.1) is 6.10 Å². The minimum Gasteiger partial charge on any atom is -0.364 e. The van der Waals surface area contributed by atoms with Crippen LogP contribution in [0.2, 0.25) is 0 Å². The second-order valence-corrected chi connectivity index (χ2v) is 4.42. The number of hydrogen-bond donors (Lipinski definition) is 2. The molecule has 1 aliphatic heterocycles. The van der Waals surface area contributed by atoms with E-state index in [9.17, 15) is 4.79 Å². The normalized spacial score (nSPS) is 22.9. The number of hydrogen-bond acceptors (Lipinski definition) is 4. The molecule has 18 heavy (non-hydrogen) atoms. The standard InChI is InChI=1S/C13H19N3O2/c14-9-11-4-5-12(18-11)13(17)16-8-6-10-3-1-2-7-15-10/h1-3,7,11-12H,4-6,8-9,14H2,(H,16,17). The van der Waals surface area contributed by atoms with Gasteiger partial charge in [0.1, 0.15) is 6.10 Å². The number of carbonyl (C=O) groups is 1. The number of nitrogens with one attached hydrogen (secondary N) is 1. The molecular formula is C13H19N3O2. The van der Waals surface area contributed by atoms with Crippen molar-refractivity contribution in [2.45, 2.75) is 31.5 Å². The van der Waals surface area contributed by atoms with Crippen molar-refractivity contribution < 1.29 is 9.53 Å². The Bertz CT molecular complexity index is 383. The molecule has 2 rings (SSSR count). The largest absolute Gasteiger partial charge is 0.364 e. The minimum atomic E-state index is -0.331. The van der Waals surface area contributed by atoms with Gasteiger partial charge < -0.3 is 15.8 Å². The van der Waals surface area contributed by atoms with Crippen LogP contribution in [-0.4, -0.2) is 36.2 Å². The minimum absolute atomic E-state index is 0.0385. The highest BCUT2D eigenvalue weighted by atomic mass is 16.5. The van der Waals surface area contributed by atoms with Gasteiger partial charge in [-0.1, -0.05) is 6.07 Å². The van der Waals surface area contributed by atoms with Crippen molar-refractivity contribution in [2.24, 2.45) is 5.73 Å². The van der Waals surface area contributed by atoms with Crippen LogP contribution in [0.4, 0.5) is 0 Å². The molecule has 1 amide bonds. The van der Waals surface area contributed by atoms with Gasteiger partial charge in [-0.25, -0.2) is 0 Å². The molecule has 1 fully saturated rings. The van der Waals surface area contributed by atoms with Crippen LogP contribution in [0.3, 0.4) is 0 Å². The average molecular weight is 249 g/mol. The van der Waals surface area contributed by atoms with Crippen LogP contribution in [0.15, 0.2) is 24.4 Å². The SMILES string of the molecule is NCC1CCC(C(=O)NCCc2ccccn2)O1. The Labute approximate surface area is 107 Å². The Balaban J connectivity index is 1.69. The average Bonchev–Trinajstić information content (AvgIpc) is 2.89. The molecule has 1 aromatic heterocycles. The maximum atomic E-state index is 11.8. The maximum absolute atomic E-state index is 11.8. The molecule has 1 aliphatic rings.